The molecule has 0 saturated carbocycles. The maximum absolute atomic E-state index is 13.3. The lowest BCUT2D eigenvalue weighted by Crippen LogP contribution is -2.31. The third-order valence-electron chi connectivity index (χ3n) is 5.40. The number of nitrogens with zero attached hydrogens (tertiary/aromatic N) is 4. The maximum atomic E-state index is 13.3. The van der Waals surface area contributed by atoms with Gasteiger partial charge in [0, 0.05) is 11.9 Å². The number of carbonyl (C=O) groups excluding carboxylic acids is 1. The van der Waals surface area contributed by atoms with Crippen molar-refractivity contribution in [2.75, 3.05) is 10.6 Å². The van der Waals surface area contributed by atoms with Crippen LogP contribution >= 0.6 is 0 Å². The minimum absolute atomic E-state index is 0.233. The number of pyridine rings is 1. The molecule has 2 N–H and O–H groups in total. The van der Waals surface area contributed by atoms with Crippen molar-refractivity contribution >= 4 is 17.5 Å². The molecule has 1 aliphatic heterocycles. The van der Waals surface area contributed by atoms with Gasteiger partial charge in [0.2, 0.25) is 5.95 Å². The Bertz CT molecular complexity index is 1280. The quantitative estimate of drug-likeness (QED) is 0.469. The normalized spacial score (nSPS) is 14.9. The summed E-state index contributed by atoms with van der Waals surface area (Å²) in [6.45, 7) is 2.35. The van der Waals surface area contributed by atoms with Crippen molar-refractivity contribution in [3.05, 3.63) is 108 Å². The first-order valence-electron chi connectivity index (χ1n) is 10.5. The Labute approximate surface area is 191 Å². The van der Waals surface area contributed by atoms with Crippen molar-refractivity contribution in [1.29, 1.82) is 0 Å². The van der Waals surface area contributed by atoms with Crippen molar-refractivity contribution in [2.24, 2.45) is 0 Å². The minimum atomic E-state index is -0.441. The monoisotopic (exact) mass is 438 g/mol. The van der Waals surface area contributed by atoms with Gasteiger partial charge in [-0.15, -0.1) is 0 Å². The summed E-state index contributed by atoms with van der Waals surface area (Å²) in [6, 6.07) is 20.8. The van der Waals surface area contributed by atoms with Crippen LogP contribution in [0.4, 0.5) is 11.6 Å². The number of rotatable bonds is 6. The van der Waals surface area contributed by atoms with Crippen molar-refractivity contribution in [1.82, 2.24) is 19.7 Å². The average Bonchev–Trinajstić information content (AvgIpc) is 3.31. The molecule has 0 aliphatic carbocycles. The molecule has 0 unspecified atom stereocenters. The first-order valence-corrected chi connectivity index (χ1v) is 10.5. The molecule has 8 heteroatoms. The molecule has 4 aromatic rings. The van der Waals surface area contributed by atoms with E-state index in [1.54, 1.807) is 29.2 Å². The van der Waals surface area contributed by atoms with Crippen molar-refractivity contribution in [2.45, 2.75) is 19.6 Å². The summed E-state index contributed by atoms with van der Waals surface area (Å²) in [7, 11) is 0. The number of fused-ring (bicyclic) bond motifs is 1. The van der Waals surface area contributed by atoms with Gasteiger partial charge in [-0.3, -0.25) is 9.78 Å². The highest BCUT2D eigenvalue weighted by Gasteiger charge is 2.33. The molecule has 8 nitrogen and oxygen atoms in total. The molecule has 1 aliphatic rings. The number of ether oxygens (including phenoxy) is 1. The molecule has 164 valence electrons. The topological polar surface area (TPSA) is 94.0 Å². The van der Waals surface area contributed by atoms with Crippen LogP contribution < -0.4 is 15.4 Å². The molecule has 0 radical (unpaired) electrons. The van der Waals surface area contributed by atoms with Crippen LogP contribution in [0.5, 0.6) is 5.75 Å². The summed E-state index contributed by atoms with van der Waals surface area (Å²) >= 11 is 0. The van der Waals surface area contributed by atoms with Crippen LogP contribution in [0.25, 0.3) is 0 Å². The van der Waals surface area contributed by atoms with Crippen LogP contribution in [-0.2, 0) is 11.4 Å². The fraction of sp³-hybridized carbons (Fsp3) is 0.120. The van der Waals surface area contributed by atoms with Crippen molar-refractivity contribution in [3.63, 3.8) is 0 Å². The second-order valence-electron chi connectivity index (χ2n) is 7.63. The van der Waals surface area contributed by atoms with Gasteiger partial charge in [-0.1, -0.05) is 42.5 Å². The summed E-state index contributed by atoms with van der Waals surface area (Å²) in [5.74, 6) is 1.10. The van der Waals surface area contributed by atoms with Crippen LogP contribution in [0.15, 0.2) is 96.7 Å². The molecule has 0 spiro atoms. The van der Waals surface area contributed by atoms with E-state index >= 15 is 0 Å². The predicted molar refractivity (Wildman–Crippen MR) is 125 cm³/mol. The van der Waals surface area contributed by atoms with E-state index < -0.39 is 6.04 Å². The minimum Gasteiger partial charge on any atom is -0.489 e. The Morgan fingerprint density at radius 2 is 1.91 bits per heavy atom. The van der Waals surface area contributed by atoms with Gasteiger partial charge in [0.15, 0.2) is 0 Å². The number of benzene rings is 2. The number of carbonyl (C=O) groups is 1. The molecule has 5 rings (SSSR count). The van der Waals surface area contributed by atoms with Gasteiger partial charge in [-0.25, -0.2) is 4.68 Å². The first-order chi connectivity index (χ1) is 16.2. The van der Waals surface area contributed by atoms with E-state index in [2.05, 4.69) is 25.7 Å². The molecule has 2 aromatic heterocycles. The fourth-order valence-corrected chi connectivity index (χ4v) is 3.82. The highest BCUT2D eigenvalue weighted by atomic mass is 16.5. The van der Waals surface area contributed by atoms with Gasteiger partial charge in [-0.05, 0) is 42.3 Å². The smallest absolute Gasteiger partial charge is 0.255 e. The molecular weight excluding hydrogens is 416 g/mol. The molecule has 0 fully saturated rings. The third kappa shape index (κ3) is 4.31. The van der Waals surface area contributed by atoms with Gasteiger partial charge in [0.1, 0.15) is 24.7 Å². The van der Waals surface area contributed by atoms with Crippen molar-refractivity contribution < 1.29 is 9.53 Å². The zero-order valence-electron chi connectivity index (χ0n) is 18.0. The Morgan fingerprint density at radius 3 is 2.67 bits per heavy atom. The number of amides is 1. The number of anilines is 2. The zero-order chi connectivity index (χ0) is 22.6. The molecule has 3 heterocycles. The van der Waals surface area contributed by atoms with Gasteiger partial charge in [0.25, 0.3) is 5.91 Å². The van der Waals surface area contributed by atoms with E-state index in [9.17, 15) is 4.79 Å². The number of nitrogens with one attached hydrogen (secondary N) is 2. The van der Waals surface area contributed by atoms with E-state index in [-0.39, 0.29) is 5.91 Å². The van der Waals surface area contributed by atoms with Crippen molar-refractivity contribution in [3.8, 4) is 5.75 Å². The lowest BCUT2D eigenvalue weighted by Gasteiger charge is -2.28. The SMILES string of the molecule is CC1=C(C(=O)Nc2cccnc2)[C@H](c2ccc(OCc3ccccc3)cc2)n2ncnc2N1. The van der Waals surface area contributed by atoms with Gasteiger partial charge in [-0.2, -0.15) is 10.1 Å². The molecule has 2 aromatic carbocycles. The van der Waals surface area contributed by atoms with Gasteiger partial charge < -0.3 is 15.4 Å². The molecule has 1 amide bonds. The van der Waals surface area contributed by atoms with Gasteiger partial charge in [0.05, 0.1) is 17.5 Å². The summed E-state index contributed by atoms with van der Waals surface area (Å²) in [4.78, 5) is 21.6. The number of allylic oxidation sites excluding steroid dienone is 1. The van der Waals surface area contributed by atoms with E-state index in [0.717, 1.165) is 16.9 Å². The maximum Gasteiger partial charge on any atom is 0.255 e. The Morgan fingerprint density at radius 1 is 1.09 bits per heavy atom. The van der Waals surface area contributed by atoms with E-state index in [4.69, 9.17) is 4.74 Å². The highest BCUT2D eigenvalue weighted by Crippen LogP contribution is 2.35. The first kappa shape index (κ1) is 20.4. The van der Waals surface area contributed by atoms with E-state index in [1.165, 1.54) is 6.33 Å². The van der Waals surface area contributed by atoms with E-state index in [1.807, 2.05) is 61.5 Å². The standard InChI is InChI=1S/C25H22N6O2/c1-17-22(24(32)30-20-8-5-13-26-14-20)23(31-25(29-17)27-16-28-31)19-9-11-21(12-10-19)33-15-18-6-3-2-4-7-18/h2-14,16,23H,15H2,1H3,(H,30,32)(H,27,28,29)/t23-/m0/s1. The number of aromatic nitrogens is 4. The Balaban J connectivity index is 1.42. The Hall–Kier alpha value is -4.46. The van der Waals surface area contributed by atoms with Crippen LogP contribution in [0.3, 0.4) is 0 Å². The average molecular weight is 438 g/mol. The lowest BCUT2D eigenvalue weighted by molar-refractivity contribution is -0.113. The molecule has 0 bridgehead atoms. The summed E-state index contributed by atoms with van der Waals surface area (Å²) in [5.41, 5.74) is 3.88. The summed E-state index contributed by atoms with van der Waals surface area (Å²) in [5, 5.41) is 10.5. The van der Waals surface area contributed by atoms with Crippen LogP contribution in [0.2, 0.25) is 0 Å². The third-order valence-corrected chi connectivity index (χ3v) is 5.40. The second-order valence-corrected chi connectivity index (χ2v) is 7.63. The molecule has 1 atom stereocenters. The summed E-state index contributed by atoms with van der Waals surface area (Å²) < 4.78 is 7.63. The lowest BCUT2D eigenvalue weighted by atomic mass is 9.95. The number of hydrogen-bond acceptors (Lipinski definition) is 6. The second kappa shape index (κ2) is 8.96. The molecule has 0 saturated heterocycles. The molecular formula is C25H22N6O2. The van der Waals surface area contributed by atoms with Crippen LogP contribution in [0.1, 0.15) is 24.1 Å². The van der Waals surface area contributed by atoms with Crippen LogP contribution in [-0.4, -0.2) is 25.7 Å². The van der Waals surface area contributed by atoms with Crippen LogP contribution in [0, 0.1) is 0 Å². The largest absolute Gasteiger partial charge is 0.489 e. The zero-order valence-corrected chi connectivity index (χ0v) is 18.0. The fourth-order valence-electron chi connectivity index (χ4n) is 3.82. The molecule has 33 heavy (non-hydrogen) atoms. The highest BCUT2D eigenvalue weighted by molar-refractivity contribution is 6.05. The number of hydrogen-bond donors (Lipinski definition) is 2. The summed E-state index contributed by atoms with van der Waals surface area (Å²) in [6.07, 6.45) is 4.75. The van der Waals surface area contributed by atoms with E-state index in [0.29, 0.717) is 29.5 Å². The Kier molecular flexibility index (Phi) is 5.55. The predicted octanol–water partition coefficient (Wildman–Crippen LogP) is 4.18. The van der Waals surface area contributed by atoms with Gasteiger partial charge >= 0.3 is 0 Å².